The first-order chi connectivity index (χ1) is 8.61. The summed E-state index contributed by atoms with van der Waals surface area (Å²) < 4.78 is 15.5. The molecule has 0 bridgehead atoms. The van der Waals surface area contributed by atoms with E-state index in [1.54, 1.807) is 7.11 Å². The van der Waals surface area contributed by atoms with Crippen LogP contribution in [0.15, 0.2) is 18.2 Å². The number of nitrogens with two attached hydrogens (primary N) is 1. The first kappa shape index (κ1) is 12.7. The van der Waals surface area contributed by atoms with Crippen LogP contribution in [0.1, 0.15) is 5.56 Å². The van der Waals surface area contributed by atoms with Crippen molar-refractivity contribution in [1.29, 1.82) is 5.41 Å². The summed E-state index contributed by atoms with van der Waals surface area (Å²) in [4.78, 5) is 0. The van der Waals surface area contributed by atoms with Crippen molar-refractivity contribution >= 4 is 11.7 Å². The highest BCUT2D eigenvalue weighted by Crippen LogP contribution is 2.28. The number of anilines is 1. The van der Waals surface area contributed by atoms with E-state index < -0.39 is 0 Å². The van der Waals surface area contributed by atoms with Crippen molar-refractivity contribution in [3.8, 4) is 5.75 Å². The third kappa shape index (κ3) is 2.55. The number of amidine groups is 1. The van der Waals surface area contributed by atoms with E-state index in [4.69, 9.17) is 25.5 Å². The van der Waals surface area contributed by atoms with Crippen molar-refractivity contribution in [2.45, 2.75) is 13.0 Å². The van der Waals surface area contributed by atoms with E-state index in [1.807, 2.05) is 25.1 Å². The van der Waals surface area contributed by atoms with Crippen LogP contribution in [0.2, 0.25) is 0 Å². The number of aryl methyl sites for hydroxylation is 1. The molecular formula is C12H17N3O3. The van der Waals surface area contributed by atoms with Gasteiger partial charge in [0.05, 0.1) is 20.3 Å². The maximum Gasteiger partial charge on any atom is 0.304 e. The third-order valence-corrected chi connectivity index (χ3v) is 2.70. The third-order valence-electron chi connectivity index (χ3n) is 2.70. The van der Waals surface area contributed by atoms with Gasteiger partial charge in [0.25, 0.3) is 0 Å². The Labute approximate surface area is 106 Å². The molecule has 1 aromatic rings. The Bertz CT molecular complexity index is 446. The predicted molar refractivity (Wildman–Crippen MR) is 67.8 cm³/mol. The number of hydrogen-bond donors (Lipinski definition) is 2. The Balaban J connectivity index is 2.13. The molecule has 6 heteroatoms. The molecule has 1 fully saturated rings. The van der Waals surface area contributed by atoms with Crippen LogP contribution >= 0.6 is 0 Å². The zero-order valence-corrected chi connectivity index (χ0v) is 10.5. The van der Waals surface area contributed by atoms with E-state index in [0.29, 0.717) is 24.7 Å². The fraction of sp³-hybridized carbons (Fsp3) is 0.417. The van der Waals surface area contributed by atoms with Crippen LogP contribution in [-0.2, 0) is 9.47 Å². The van der Waals surface area contributed by atoms with E-state index in [1.165, 1.54) is 5.01 Å². The molecule has 0 radical (unpaired) electrons. The van der Waals surface area contributed by atoms with Crippen molar-refractivity contribution in [2.24, 2.45) is 5.84 Å². The van der Waals surface area contributed by atoms with Gasteiger partial charge in [-0.05, 0) is 24.6 Å². The monoisotopic (exact) mass is 251 g/mol. The summed E-state index contributed by atoms with van der Waals surface area (Å²) in [5, 5.41) is 8.98. The van der Waals surface area contributed by atoms with Crippen molar-refractivity contribution in [1.82, 2.24) is 0 Å². The van der Waals surface area contributed by atoms with Gasteiger partial charge in [-0.1, -0.05) is 6.07 Å². The Morgan fingerprint density at radius 2 is 2.22 bits per heavy atom. The highest BCUT2D eigenvalue weighted by molar-refractivity contribution is 5.90. The zero-order valence-electron chi connectivity index (χ0n) is 10.5. The molecular weight excluding hydrogens is 234 g/mol. The lowest BCUT2D eigenvalue weighted by molar-refractivity contribution is -0.0872. The van der Waals surface area contributed by atoms with Crippen LogP contribution in [0.4, 0.5) is 5.69 Å². The van der Waals surface area contributed by atoms with Crippen LogP contribution in [0.25, 0.3) is 0 Å². The molecule has 2 rings (SSSR count). The zero-order chi connectivity index (χ0) is 13.1. The summed E-state index contributed by atoms with van der Waals surface area (Å²) in [5.74, 6) is 6.47. The van der Waals surface area contributed by atoms with Gasteiger partial charge in [0.1, 0.15) is 17.5 Å². The van der Waals surface area contributed by atoms with Gasteiger partial charge in [0, 0.05) is 0 Å². The minimum Gasteiger partial charge on any atom is -0.495 e. The number of nitrogens with zero attached hydrogens (tertiary/aromatic N) is 1. The molecule has 0 atom stereocenters. The lowest BCUT2D eigenvalue weighted by Gasteiger charge is -2.29. The van der Waals surface area contributed by atoms with Gasteiger partial charge < -0.3 is 14.2 Å². The molecule has 6 nitrogen and oxygen atoms in total. The first-order valence-electron chi connectivity index (χ1n) is 5.64. The number of hydrogen-bond acceptors (Lipinski definition) is 5. The second-order valence-corrected chi connectivity index (χ2v) is 4.13. The maximum atomic E-state index is 7.81. The van der Waals surface area contributed by atoms with E-state index >= 15 is 0 Å². The van der Waals surface area contributed by atoms with Crippen LogP contribution in [0, 0.1) is 12.3 Å². The Hall–Kier alpha value is -1.79. The second-order valence-electron chi connectivity index (χ2n) is 4.13. The Kier molecular flexibility index (Phi) is 3.69. The molecule has 1 aliphatic heterocycles. The van der Waals surface area contributed by atoms with Crippen LogP contribution in [0.5, 0.6) is 5.75 Å². The molecule has 1 aromatic carbocycles. The highest BCUT2D eigenvalue weighted by atomic mass is 16.6. The summed E-state index contributed by atoms with van der Waals surface area (Å²) >= 11 is 0. The fourth-order valence-electron chi connectivity index (χ4n) is 1.59. The lowest BCUT2D eigenvalue weighted by atomic mass is 10.2. The van der Waals surface area contributed by atoms with Gasteiger partial charge in [-0.25, -0.2) is 16.3 Å². The molecule has 1 aliphatic rings. The van der Waals surface area contributed by atoms with Crippen molar-refractivity contribution in [3.63, 3.8) is 0 Å². The first-order valence-corrected chi connectivity index (χ1v) is 5.64. The van der Waals surface area contributed by atoms with Gasteiger partial charge in [0.15, 0.2) is 0 Å². The van der Waals surface area contributed by atoms with Crippen molar-refractivity contribution in [3.05, 3.63) is 23.8 Å². The molecule has 1 heterocycles. The van der Waals surface area contributed by atoms with E-state index in [2.05, 4.69) is 0 Å². The smallest absolute Gasteiger partial charge is 0.304 e. The Morgan fingerprint density at radius 1 is 1.50 bits per heavy atom. The normalized spacial score (nSPS) is 14.8. The van der Waals surface area contributed by atoms with Gasteiger partial charge in [-0.15, -0.1) is 0 Å². The summed E-state index contributed by atoms with van der Waals surface area (Å²) in [6.45, 7) is 2.95. The van der Waals surface area contributed by atoms with Crippen LogP contribution in [-0.4, -0.2) is 32.4 Å². The quantitative estimate of drug-likeness (QED) is 0.363. The number of ether oxygens (including phenoxy) is 3. The Morgan fingerprint density at radius 3 is 2.78 bits per heavy atom. The van der Waals surface area contributed by atoms with E-state index in [0.717, 1.165) is 5.56 Å². The van der Waals surface area contributed by atoms with Gasteiger partial charge >= 0.3 is 6.02 Å². The highest BCUT2D eigenvalue weighted by Gasteiger charge is 2.24. The minimum atomic E-state index is -0.118. The van der Waals surface area contributed by atoms with Gasteiger partial charge in [-0.2, -0.15) is 0 Å². The lowest BCUT2D eigenvalue weighted by Crippen LogP contribution is -2.45. The van der Waals surface area contributed by atoms with Crippen molar-refractivity contribution < 1.29 is 14.2 Å². The standard InChI is InChI=1S/C12H17N3O3/c1-8-3-4-11(16-2)10(5-8)15(14)12(13)18-9-6-17-7-9/h3-5,9,13H,6-7,14H2,1-2H3. The maximum absolute atomic E-state index is 7.81. The second kappa shape index (κ2) is 5.24. The summed E-state index contributed by atoms with van der Waals surface area (Å²) in [7, 11) is 1.56. The van der Waals surface area contributed by atoms with E-state index in [9.17, 15) is 0 Å². The van der Waals surface area contributed by atoms with Crippen LogP contribution < -0.4 is 15.6 Å². The number of methoxy groups -OCH3 is 1. The number of benzene rings is 1. The number of nitrogens with one attached hydrogen (secondary N) is 1. The fourth-order valence-corrected chi connectivity index (χ4v) is 1.59. The minimum absolute atomic E-state index is 0.0839. The molecule has 98 valence electrons. The average molecular weight is 251 g/mol. The average Bonchev–Trinajstić information content (AvgIpc) is 2.32. The number of rotatable bonds is 3. The predicted octanol–water partition coefficient (Wildman–Crippen LogP) is 1.03. The summed E-state index contributed by atoms with van der Waals surface area (Å²) in [6, 6.07) is 5.45. The topological polar surface area (TPSA) is 80.8 Å². The number of hydrazine groups is 1. The molecule has 0 aliphatic carbocycles. The SMILES string of the molecule is COc1ccc(C)cc1N(N)C(=N)OC1COC1. The van der Waals surface area contributed by atoms with Gasteiger partial charge in [0.2, 0.25) is 0 Å². The molecule has 0 saturated carbocycles. The van der Waals surface area contributed by atoms with Gasteiger partial charge in [-0.3, -0.25) is 0 Å². The molecule has 18 heavy (non-hydrogen) atoms. The molecule has 0 amide bonds. The van der Waals surface area contributed by atoms with Crippen molar-refractivity contribution in [2.75, 3.05) is 25.3 Å². The molecule has 0 spiro atoms. The summed E-state index contributed by atoms with van der Waals surface area (Å²) in [6.07, 6.45) is -0.0839. The van der Waals surface area contributed by atoms with E-state index in [-0.39, 0.29) is 12.1 Å². The van der Waals surface area contributed by atoms with Crippen LogP contribution in [0.3, 0.4) is 0 Å². The molecule has 3 N–H and O–H groups in total. The molecule has 0 unspecified atom stereocenters. The summed E-state index contributed by atoms with van der Waals surface area (Å²) in [5.41, 5.74) is 1.63. The largest absolute Gasteiger partial charge is 0.495 e. The molecule has 0 aromatic heterocycles. The molecule has 1 saturated heterocycles.